The number of β-lactam (4-membered cyclic amide) rings is 1. The number of thioether (sulfide) groups is 1. The Hall–Kier alpha value is -2.32. The number of nitrogens with zero attached hydrogens (tertiary/aromatic N) is 1. The van der Waals surface area contributed by atoms with Gasteiger partial charge in [0, 0.05) is 0 Å². The normalized spacial score (nSPS) is 27.4. The summed E-state index contributed by atoms with van der Waals surface area (Å²) in [6, 6.07) is 8.67. The van der Waals surface area contributed by atoms with Gasteiger partial charge in [-0.05, 0) is 29.9 Å². The van der Waals surface area contributed by atoms with Crippen LogP contribution >= 0.6 is 11.8 Å². The van der Waals surface area contributed by atoms with Crippen LogP contribution < -0.4 is 11.1 Å². The van der Waals surface area contributed by atoms with E-state index in [0.717, 1.165) is 31.2 Å². The smallest absolute Gasteiger partial charge is 0.352 e. The van der Waals surface area contributed by atoms with Gasteiger partial charge in [0.2, 0.25) is 11.8 Å². The molecule has 0 spiro atoms. The fourth-order valence-corrected chi connectivity index (χ4v) is 5.85. The van der Waals surface area contributed by atoms with Crippen LogP contribution in [-0.2, 0) is 20.8 Å². The number of nitrogens with two attached hydrogens (primary N) is 1. The summed E-state index contributed by atoms with van der Waals surface area (Å²) in [5, 5.41) is 11.9. The van der Waals surface area contributed by atoms with E-state index in [1.807, 2.05) is 30.3 Å². The molecule has 0 bridgehead atoms. The first-order valence-corrected chi connectivity index (χ1v) is 10.5. The van der Waals surface area contributed by atoms with Crippen molar-refractivity contribution >= 4 is 29.5 Å². The second-order valence-electron chi connectivity index (χ2n) is 7.46. The van der Waals surface area contributed by atoms with Gasteiger partial charge in [-0.3, -0.25) is 14.5 Å². The summed E-state index contributed by atoms with van der Waals surface area (Å²) in [7, 11) is 0. The molecule has 8 heteroatoms. The summed E-state index contributed by atoms with van der Waals surface area (Å²) in [5.41, 5.74) is 7.49. The lowest BCUT2D eigenvalue weighted by Gasteiger charge is -2.51. The van der Waals surface area contributed by atoms with E-state index >= 15 is 0 Å². The molecule has 3 atom stereocenters. The Labute approximate surface area is 167 Å². The zero-order valence-corrected chi connectivity index (χ0v) is 16.2. The van der Waals surface area contributed by atoms with Gasteiger partial charge in [-0.2, -0.15) is 0 Å². The molecule has 1 aromatic carbocycles. The molecule has 28 heavy (non-hydrogen) atoms. The van der Waals surface area contributed by atoms with Gasteiger partial charge in [0.1, 0.15) is 22.5 Å². The van der Waals surface area contributed by atoms with Gasteiger partial charge in [0.05, 0.1) is 6.42 Å². The highest BCUT2D eigenvalue weighted by molar-refractivity contribution is 8.00. The van der Waals surface area contributed by atoms with E-state index < -0.39 is 22.8 Å². The van der Waals surface area contributed by atoms with Crippen molar-refractivity contribution in [2.75, 3.05) is 0 Å². The third-order valence-corrected chi connectivity index (χ3v) is 7.08. The summed E-state index contributed by atoms with van der Waals surface area (Å²) in [6.07, 6.45) is 4.01. The Morgan fingerprint density at radius 2 is 1.89 bits per heavy atom. The van der Waals surface area contributed by atoms with Crippen LogP contribution in [0.25, 0.3) is 0 Å². The molecule has 2 heterocycles. The van der Waals surface area contributed by atoms with Gasteiger partial charge in [-0.15, -0.1) is 11.8 Å². The summed E-state index contributed by atoms with van der Waals surface area (Å²) < 4.78 is 0. The number of aliphatic carboxylic acids is 1. The number of hydrogen-bond donors (Lipinski definition) is 3. The van der Waals surface area contributed by atoms with Crippen LogP contribution in [0.3, 0.4) is 0 Å². The summed E-state index contributed by atoms with van der Waals surface area (Å²) >= 11 is 1.38. The van der Waals surface area contributed by atoms with Gasteiger partial charge in [-0.1, -0.05) is 43.2 Å². The molecule has 2 amide bonds. The molecule has 3 aliphatic rings. The van der Waals surface area contributed by atoms with Gasteiger partial charge >= 0.3 is 5.97 Å². The van der Waals surface area contributed by atoms with Gasteiger partial charge in [0.25, 0.3) is 0 Å². The quantitative estimate of drug-likeness (QED) is 0.644. The summed E-state index contributed by atoms with van der Waals surface area (Å²) in [4.78, 5) is 38.3. The number of rotatable bonds is 5. The predicted molar refractivity (Wildman–Crippen MR) is 105 cm³/mol. The van der Waals surface area contributed by atoms with Gasteiger partial charge in [-0.25, -0.2) is 4.79 Å². The number of benzene rings is 1. The van der Waals surface area contributed by atoms with Crippen molar-refractivity contribution in [2.45, 2.75) is 48.9 Å². The molecule has 1 aliphatic carbocycles. The maximum absolute atomic E-state index is 12.7. The highest BCUT2D eigenvalue weighted by Gasteiger charge is 2.55. The average Bonchev–Trinajstić information content (AvgIpc) is 3.21. The van der Waals surface area contributed by atoms with E-state index in [4.69, 9.17) is 5.73 Å². The number of carbonyl (C=O) groups is 3. The van der Waals surface area contributed by atoms with Crippen LogP contribution in [-0.4, -0.2) is 44.6 Å². The molecular weight excluding hydrogens is 378 g/mol. The van der Waals surface area contributed by atoms with Crippen LogP contribution in [0, 0.1) is 5.92 Å². The number of fused-ring (bicyclic) bond motifs is 1. The highest BCUT2D eigenvalue weighted by Crippen LogP contribution is 2.47. The van der Waals surface area contributed by atoms with Gasteiger partial charge < -0.3 is 16.2 Å². The number of carboxylic acid groups (broad SMARTS) is 1. The first kappa shape index (κ1) is 19.0. The monoisotopic (exact) mass is 401 g/mol. The number of nitrogens with one attached hydrogen (secondary N) is 1. The molecule has 1 saturated heterocycles. The van der Waals surface area contributed by atoms with Crippen LogP contribution in [0.4, 0.5) is 0 Å². The Kier molecular flexibility index (Phi) is 5.16. The first-order chi connectivity index (χ1) is 13.5. The number of carboxylic acids is 1. The van der Waals surface area contributed by atoms with E-state index in [2.05, 4.69) is 5.32 Å². The van der Waals surface area contributed by atoms with E-state index in [1.54, 1.807) is 0 Å². The van der Waals surface area contributed by atoms with Crippen molar-refractivity contribution < 1.29 is 19.5 Å². The second-order valence-corrected chi connectivity index (χ2v) is 8.69. The maximum Gasteiger partial charge on any atom is 0.352 e. The Balaban J connectivity index is 1.64. The fourth-order valence-electron chi connectivity index (χ4n) is 4.31. The Morgan fingerprint density at radius 1 is 1.21 bits per heavy atom. The standard InChI is InChI=1S/C20H23N3O4S/c21-15-18(25)23-16(20(26)27)14(12-8-4-5-9-12)17(28-19(15)23)22-13(24)10-11-6-2-1-3-7-11/h1-3,6-7,12,15,17,19H,4-5,8-10,21H2,(H,22,24)(H,26,27)/t15?,17?,19-/m1/s1. The molecule has 0 aromatic heterocycles. The minimum atomic E-state index is -1.13. The maximum atomic E-state index is 12.7. The van der Waals surface area contributed by atoms with Gasteiger partial charge in [0.15, 0.2) is 0 Å². The van der Waals surface area contributed by atoms with Crippen molar-refractivity contribution in [1.82, 2.24) is 10.2 Å². The van der Waals surface area contributed by atoms with E-state index in [0.29, 0.717) is 5.57 Å². The van der Waals surface area contributed by atoms with E-state index in [-0.39, 0.29) is 29.9 Å². The third-order valence-electron chi connectivity index (χ3n) is 5.65. The molecule has 148 valence electrons. The average molecular weight is 401 g/mol. The number of hydrogen-bond acceptors (Lipinski definition) is 5. The summed E-state index contributed by atoms with van der Waals surface area (Å²) in [6.45, 7) is 0. The molecule has 2 unspecified atom stereocenters. The molecule has 2 fully saturated rings. The van der Waals surface area contributed by atoms with Crippen LogP contribution in [0.15, 0.2) is 41.6 Å². The summed E-state index contributed by atoms with van der Waals surface area (Å²) in [5.74, 6) is -1.60. The molecule has 1 aromatic rings. The first-order valence-electron chi connectivity index (χ1n) is 9.52. The van der Waals surface area contributed by atoms with E-state index in [1.165, 1.54) is 16.7 Å². The molecule has 4 rings (SSSR count). The molecule has 1 saturated carbocycles. The zero-order chi connectivity index (χ0) is 19.8. The molecule has 2 aliphatic heterocycles. The minimum absolute atomic E-state index is 0.0207. The molecule has 0 radical (unpaired) electrons. The number of amides is 2. The van der Waals surface area contributed by atoms with Crippen molar-refractivity contribution in [3.05, 3.63) is 47.2 Å². The Morgan fingerprint density at radius 3 is 2.54 bits per heavy atom. The molecule has 4 N–H and O–H groups in total. The Bertz CT molecular complexity index is 835. The van der Waals surface area contributed by atoms with Crippen LogP contribution in [0.5, 0.6) is 0 Å². The topological polar surface area (TPSA) is 113 Å². The van der Waals surface area contributed by atoms with Crippen molar-refractivity contribution in [1.29, 1.82) is 0 Å². The fraction of sp³-hybridized carbons (Fsp3) is 0.450. The van der Waals surface area contributed by atoms with Crippen molar-refractivity contribution in [3.63, 3.8) is 0 Å². The minimum Gasteiger partial charge on any atom is -0.477 e. The largest absolute Gasteiger partial charge is 0.477 e. The lowest BCUT2D eigenvalue weighted by Crippen LogP contribution is -2.70. The predicted octanol–water partition coefficient (Wildman–Crippen LogP) is 1.44. The molecular formula is C20H23N3O4S. The van der Waals surface area contributed by atoms with E-state index in [9.17, 15) is 19.5 Å². The van der Waals surface area contributed by atoms with Crippen molar-refractivity contribution in [2.24, 2.45) is 11.7 Å². The zero-order valence-electron chi connectivity index (χ0n) is 15.3. The van der Waals surface area contributed by atoms with Crippen LogP contribution in [0.2, 0.25) is 0 Å². The van der Waals surface area contributed by atoms with Crippen LogP contribution in [0.1, 0.15) is 31.2 Å². The molecule has 7 nitrogen and oxygen atoms in total. The highest BCUT2D eigenvalue weighted by atomic mass is 32.2. The SMILES string of the molecule is NC1C(=O)N2C(C(=O)O)=C(C3CCCC3)C(NC(=O)Cc3ccccc3)S[C@H]12. The third kappa shape index (κ3) is 3.31. The van der Waals surface area contributed by atoms with Crippen molar-refractivity contribution in [3.8, 4) is 0 Å². The second kappa shape index (κ2) is 7.60. The number of carbonyl (C=O) groups excluding carboxylic acids is 2. The lowest BCUT2D eigenvalue weighted by atomic mass is 9.92. The lowest BCUT2D eigenvalue weighted by molar-refractivity contribution is -0.148.